The molecule has 1 saturated heterocycles. The van der Waals surface area contributed by atoms with Crippen molar-refractivity contribution in [3.63, 3.8) is 0 Å². The molecule has 0 aliphatic carbocycles. The fourth-order valence-electron chi connectivity index (χ4n) is 2.87. The second kappa shape index (κ2) is 6.46. The first-order valence-electron chi connectivity index (χ1n) is 7.49. The first-order chi connectivity index (χ1) is 9.84. The molecule has 2 rings (SSSR count). The first-order valence-corrected chi connectivity index (χ1v) is 8.93. The lowest BCUT2D eigenvalue weighted by molar-refractivity contribution is 0.260. The van der Waals surface area contributed by atoms with Crippen molar-refractivity contribution < 1.29 is 12.9 Å². The van der Waals surface area contributed by atoms with Gasteiger partial charge in [0.15, 0.2) is 5.76 Å². The molecule has 0 aromatic carbocycles. The van der Waals surface area contributed by atoms with Crippen LogP contribution in [0.3, 0.4) is 0 Å². The Morgan fingerprint density at radius 2 is 1.95 bits per heavy atom. The number of sulfonamides is 1. The normalized spacial score (nSPS) is 17.8. The quantitative estimate of drug-likeness (QED) is 0.895. The molecule has 1 aliphatic heterocycles. The van der Waals surface area contributed by atoms with Gasteiger partial charge in [-0.05, 0) is 59.5 Å². The fourth-order valence-corrected chi connectivity index (χ4v) is 4.87. The predicted octanol–water partition coefficient (Wildman–Crippen LogP) is 1.69. The van der Waals surface area contributed by atoms with Gasteiger partial charge in [0, 0.05) is 12.6 Å². The van der Waals surface area contributed by atoms with Gasteiger partial charge < -0.3 is 9.84 Å². The van der Waals surface area contributed by atoms with Gasteiger partial charge in [-0.25, -0.2) is 8.42 Å². The zero-order chi connectivity index (χ0) is 15.6. The van der Waals surface area contributed by atoms with Gasteiger partial charge in [0.2, 0.25) is 10.0 Å². The van der Waals surface area contributed by atoms with E-state index < -0.39 is 10.0 Å². The highest BCUT2D eigenvalue weighted by Gasteiger charge is 2.34. The van der Waals surface area contributed by atoms with Crippen molar-refractivity contribution in [3.8, 4) is 0 Å². The number of hydrogen-bond donors (Lipinski definition) is 1. The molecule has 6 nitrogen and oxygen atoms in total. The topological polar surface area (TPSA) is 75.4 Å². The van der Waals surface area contributed by atoms with Crippen molar-refractivity contribution >= 4 is 10.0 Å². The SMILES string of the molecule is Cc1noc(C)c1S(=O)(=O)N(CC1CCNCC1)C(C)C. The summed E-state index contributed by atoms with van der Waals surface area (Å²) in [5.74, 6) is 0.771. The largest absolute Gasteiger partial charge is 0.360 e. The molecule has 1 aromatic heterocycles. The van der Waals surface area contributed by atoms with Crippen LogP contribution in [0.15, 0.2) is 9.42 Å². The Morgan fingerprint density at radius 3 is 2.43 bits per heavy atom. The summed E-state index contributed by atoms with van der Waals surface area (Å²) >= 11 is 0. The van der Waals surface area contributed by atoms with Crippen LogP contribution < -0.4 is 5.32 Å². The zero-order valence-corrected chi connectivity index (χ0v) is 14.0. The van der Waals surface area contributed by atoms with Gasteiger partial charge in [0.05, 0.1) is 0 Å². The number of piperidine rings is 1. The molecule has 0 radical (unpaired) electrons. The van der Waals surface area contributed by atoms with Crippen LogP contribution in [0.25, 0.3) is 0 Å². The van der Waals surface area contributed by atoms with E-state index in [4.69, 9.17) is 4.52 Å². The van der Waals surface area contributed by atoms with Gasteiger partial charge in [-0.3, -0.25) is 0 Å². The monoisotopic (exact) mass is 315 g/mol. The molecule has 0 amide bonds. The van der Waals surface area contributed by atoms with Crippen LogP contribution in [0.2, 0.25) is 0 Å². The van der Waals surface area contributed by atoms with Crippen LogP contribution in [-0.4, -0.2) is 43.6 Å². The van der Waals surface area contributed by atoms with Crippen LogP contribution in [-0.2, 0) is 10.0 Å². The first kappa shape index (κ1) is 16.5. The average Bonchev–Trinajstić information content (AvgIpc) is 2.76. The van der Waals surface area contributed by atoms with E-state index in [1.165, 1.54) is 0 Å². The van der Waals surface area contributed by atoms with E-state index in [0.29, 0.717) is 23.9 Å². The molecule has 0 bridgehead atoms. The van der Waals surface area contributed by atoms with Crippen LogP contribution in [0, 0.1) is 19.8 Å². The Bertz CT molecular complexity index is 555. The molecular weight excluding hydrogens is 290 g/mol. The molecule has 0 unspecified atom stereocenters. The van der Waals surface area contributed by atoms with Gasteiger partial charge in [-0.2, -0.15) is 4.31 Å². The molecule has 1 N–H and O–H groups in total. The summed E-state index contributed by atoms with van der Waals surface area (Å²) in [7, 11) is -3.56. The van der Waals surface area contributed by atoms with E-state index in [1.54, 1.807) is 18.2 Å². The molecule has 0 atom stereocenters. The molecule has 1 fully saturated rings. The second-order valence-electron chi connectivity index (χ2n) is 6.02. The van der Waals surface area contributed by atoms with E-state index >= 15 is 0 Å². The smallest absolute Gasteiger partial charge is 0.248 e. The lowest BCUT2D eigenvalue weighted by Gasteiger charge is -2.31. The third kappa shape index (κ3) is 3.46. The maximum absolute atomic E-state index is 13.0. The van der Waals surface area contributed by atoms with E-state index in [-0.39, 0.29) is 10.9 Å². The zero-order valence-electron chi connectivity index (χ0n) is 13.2. The van der Waals surface area contributed by atoms with Crippen LogP contribution in [0.1, 0.15) is 38.1 Å². The van der Waals surface area contributed by atoms with Crippen LogP contribution >= 0.6 is 0 Å². The average molecular weight is 315 g/mol. The highest BCUT2D eigenvalue weighted by atomic mass is 32.2. The van der Waals surface area contributed by atoms with Gasteiger partial charge >= 0.3 is 0 Å². The fraction of sp³-hybridized carbons (Fsp3) is 0.786. The van der Waals surface area contributed by atoms with Gasteiger partial charge in [0.25, 0.3) is 0 Å². The lowest BCUT2D eigenvalue weighted by Crippen LogP contribution is -2.43. The molecule has 2 heterocycles. The van der Waals surface area contributed by atoms with Crippen molar-refractivity contribution in [3.05, 3.63) is 11.5 Å². The van der Waals surface area contributed by atoms with Crippen LogP contribution in [0.5, 0.6) is 0 Å². The van der Waals surface area contributed by atoms with E-state index in [0.717, 1.165) is 25.9 Å². The van der Waals surface area contributed by atoms with E-state index in [9.17, 15) is 8.42 Å². The summed E-state index contributed by atoms with van der Waals surface area (Å²) in [4.78, 5) is 0.227. The number of nitrogens with zero attached hydrogens (tertiary/aromatic N) is 2. The summed E-state index contributed by atoms with van der Waals surface area (Å²) in [6, 6.07) is -0.0846. The molecule has 1 aromatic rings. The summed E-state index contributed by atoms with van der Waals surface area (Å²) in [5, 5.41) is 7.09. The summed E-state index contributed by atoms with van der Waals surface area (Å²) in [6.07, 6.45) is 2.03. The molecule has 0 saturated carbocycles. The minimum Gasteiger partial charge on any atom is -0.360 e. The highest BCUT2D eigenvalue weighted by Crippen LogP contribution is 2.27. The Kier molecular flexibility index (Phi) is 5.06. The van der Waals surface area contributed by atoms with E-state index in [2.05, 4.69) is 10.5 Å². The van der Waals surface area contributed by atoms with Crippen molar-refractivity contribution in [2.24, 2.45) is 5.92 Å². The van der Waals surface area contributed by atoms with Gasteiger partial charge in [0.1, 0.15) is 10.6 Å². The van der Waals surface area contributed by atoms with Crippen molar-refractivity contribution in [1.29, 1.82) is 0 Å². The third-order valence-electron chi connectivity index (χ3n) is 4.01. The molecule has 7 heteroatoms. The van der Waals surface area contributed by atoms with Gasteiger partial charge in [-0.15, -0.1) is 0 Å². The summed E-state index contributed by atoms with van der Waals surface area (Å²) in [5.41, 5.74) is 0.434. The third-order valence-corrected chi connectivity index (χ3v) is 6.29. The molecule has 0 spiro atoms. The molecule has 120 valence electrons. The number of hydrogen-bond acceptors (Lipinski definition) is 5. The number of aromatic nitrogens is 1. The molecule has 21 heavy (non-hydrogen) atoms. The summed E-state index contributed by atoms with van der Waals surface area (Å²) in [6.45, 7) is 9.63. The molecule has 1 aliphatic rings. The van der Waals surface area contributed by atoms with Crippen molar-refractivity contribution in [2.75, 3.05) is 19.6 Å². The van der Waals surface area contributed by atoms with Crippen molar-refractivity contribution in [2.45, 2.75) is 51.5 Å². The van der Waals surface area contributed by atoms with Crippen molar-refractivity contribution in [1.82, 2.24) is 14.8 Å². The van der Waals surface area contributed by atoms with Crippen LogP contribution in [0.4, 0.5) is 0 Å². The van der Waals surface area contributed by atoms with E-state index in [1.807, 2.05) is 13.8 Å². The predicted molar refractivity (Wildman–Crippen MR) is 80.6 cm³/mol. The Balaban J connectivity index is 2.28. The second-order valence-corrected chi connectivity index (χ2v) is 7.84. The molecular formula is C14H25N3O3S. The minimum absolute atomic E-state index is 0.0846. The highest BCUT2D eigenvalue weighted by molar-refractivity contribution is 7.89. The number of nitrogens with one attached hydrogen (secondary N) is 1. The number of rotatable bonds is 5. The Morgan fingerprint density at radius 1 is 1.33 bits per heavy atom. The Hall–Kier alpha value is -0.920. The lowest BCUT2D eigenvalue weighted by atomic mass is 9.98. The standard InChI is InChI=1S/C14H25N3O3S/c1-10(2)17(9-13-5-7-15-8-6-13)21(18,19)14-11(3)16-20-12(14)4/h10,13,15H,5-9H2,1-4H3. The maximum atomic E-state index is 13.0. The Labute approximate surface area is 126 Å². The summed E-state index contributed by atoms with van der Waals surface area (Å²) < 4.78 is 32.5. The van der Waals surface area contributed by atoms with Gasteiger partial charge in [-0.1, -0.05) is 5.16 Å². The number of aryl methyl sites for hydroxylation is 2. The minimum atomic E-state index is -3.56. The maximum Gasteiger partial charge on any atom is 0.248 e.